The Balaban J connectivity index is 0.00000204. The van der Waals surface area contributed by atoms with Crippen molar-refractivity contribution in [1.29, 1.82) is 0 Å². The van der Waals surface area contributed by atoms with E-state index in [0.717, 1.165) is 17.7 Å². The Labute approximate surface area is 174 Å². The predicted octanol–water partition coefficient (Wildman–Crippen LogP) is 5.81. The van der Waals surface area contributed by atoms with Crippen LogP contribution in [0.15, 0.2) is 42.0 Å². The summed E-state index contributed by atoms with van der Waals surface area (Å²) in [6.07, 6.45) is 2.80. The van der Waals surface area contributed by atoms with Crippen LogP contribution in [-0.4, -0.2) is 33.7 Å². The van der Waals surface area contributed by atoms with Gasteiger partial charge in [0, 0.05) is 0 Å². The molecule has 0 aliphatic heterocycles. The number of ketones is 1. The summed E-state index contributed by atoms with van der Waals surface area (Å²) in [5.74, 6) is 1.95. The highest BCUT2D eigenvalue weighted by atomic mass is 16.5. The molecule has 5 heteroatoms. The third-order valence-electron chi connectivity index (χ3n) is 4.04. The summed E-state index contributed by atoms with van der Waals surface area (Å²) in [4.78, 5) is 12.9. The summed E-state index contributed by atoms with van der Waals surface area (Å²) in [6, 6.07) is 11.0. The van der Waals surface area contributed by atoms with Crippen molar-refractivity contribution >= 4 is 11.9 Å². The summed E-state index contributed by atoms with van der Waals surface area (Å²) in [5, 5.41) is 0. The van der Waals surface area contributed by atoms with Crippen molar-refractivity contribution in [3.63, 3.8) is 0 Å². The summed E-state index contributed by atoms with van der Waals surface area (Å²) >= 11 is 0. The van der Waals surface area contributed by atoms with Crippen LogP contribution in [0.4, 0.5) is 0 Å². The van der Waals surface area contributed by atoms with Crippen molar-refractivity contribution in [2.24, 2.45) is 0 Å². The molecule has 0 radical (unpaired) electrons. The second-order valence-corrected chi connectivity index (χ2v) is 5.96. The van der Waals surface area contributed by atoms with E-state index in [4.69, 9.17) is 18.9 Å². The molecule has 0 heterocycles. The van der Waals surface area contributed by atoms with E-state index >= 15 is 0 Å². The second-order valence-electron chi connectivity index (χ2n) is 5.96. The standard InChI is InChI=1S/C22H26O5.C2H6/c1-6-13-27-17-9-7-16(8-10-17)14-15(2)20(23)18-11-12-19(24-3)22(26-5)21(18)25-4;1-2/h7-12,14H,6,13H2,1-5H3;1-2H3/b15-14+;. The van der Waals surface area contributed by atoms with Crippen molar-refractivity contribution in [2.45, 2.75) is 34.1 Å². The predicted molar refractivity (Wildman–Crippen MR) is 118 cm³/mol. The van der Waals surface area contributed by atoms with Crippen LogP contribution in [0.3, 0.4) is 0 Å². The highest BCUT2D eigenvalue weighted by Gasteiger charge is 2.21. The molecule has 0 N–H and O–H groups in total. The first kappa shape index (κ1) is 24.1. The topological polar surface area (TPSA) is 54.0 Å². The van der Waals surface area contributed by atoms with Crippen LogP contribution in [0, 0.1) is 0 Å². The van der Waals surface area contributed by atoms with Gasteiger partial charge in [0.1, 0.15) is 5.75 Å². The van der Waals surface area contributed by atoms with Crippen molar-refractivity contribution in [2.75, 3.05) is 27.9 Å². The lowest BCUT2D eigenvalue weighted by Gasteiger charge is -2.15. The number of hydrogen-bond donors (Lipinski definition) is 0. The van der Waals surface area contributed by atoms with Gasteiger partial charge in [-0.25, -0.2) is 0 Å². The number of carbonyl (C=O) groups excluding carboxylic acids is 1. The van der Waals surface area contributed by atoms with E-state index in [2.05, 4.69) is 6.92 Å². The Morgan fingerprint density at radius 1 is 0.897 bits per heavy atom. The summed E-state index contributed by atoms with van der Waals surface area (Å²) < 4.78 is 21.6. The lowest BCUT2D eigenvalue weighted by atomic mass is 10.0. The maximum absolute atomic E-state index is 12.9. The fourth-order valence-corrected chi connectivity index (χ4v) is 2.69. The zero-order valence-electron chi connectivity index (χ0n) is 18.5. The monoisotopic (exact) mass is 400 g/mol. The molecule has 0 amide bonds. The largest absolute Gasteiger partial charge is 0.494 e. The molecule has 0 aliphatic rings. The number of ether oxygens (including phenoxy) is 4. The minimum Gasteiger partial charge on any atom is -0.494 e. The van der Waals surface area contributed by atoms with E-state index in [1.165, 1.54) is 21.3 Å². The third-order valence-corrected chi connectivity index (χ3v) is 4.04. The first-order valence-electron chi connectivity index (χ1n) is 9.80. The Morgan fingerprint density at radius 3 is 2.03 bits per heavy atom. The fourth-order valence-electron chi connectivity index (χ4n) is 2.69. The summed E-state index contributed by atoms with van der Waals surface area (Å²) in [5.41, 5.74) is 1.93. The molecule has 2 aromatic carbocycles. The Hall–Kier alpha value is -2.95. The molecular formula is C24H32O5. The molecule has 2 aromatic rings. The summed E-state index contributed by atoms with van der Waals surface area (Å²) in [6.45, 7) is 8.53. The van der Waals surface area contributed by atoms with Gasteiger partial charge in [-0.05, 0) is 54.8 Å². The van der Waals surface area contributed by atoms with Crippen molar-refractivity contribution in [3.8, 4) is 23.0 Å². The van der Waals surface area contributed by atoms with Gasteiger partial charge in [0.15, 0.2) is 17.3 Å². The maximum Gasteiger partial charge on any atom is 0.204 e. The van der Waals surface area contributed by atoms with Gasteiger partial charge in [0.2, 0.25) is 5.75 Å². The summed E-state index contributed by atoms with van der Waals surface area (Å²) in [7, 11) is 4.56. The lowest BCUT2D eigenvalue weighted by molar-refractivity contribution is 0.103. The van der Waals surface area contributed by atoms with Gasteiger partial charge in [0.25, 0.3) is 0 Å². The zero-order valence-corrected chi connectivity index (χ0v) is 18.5. The Morgan fingerprint density at radius 2 is 1.52 bits per heavy atom. The van der Waals surface area contributed by atoms with Crippen LogP contribution in [-0.2, 0) is 0 Å². The molecule has 0 atom stereocenters. The van der Waals surface area contributed by atoms with E-state index in [9.17, 15) is 4.79 Å². The molecule has 0 saturated heterocycles. The molecule has 0 spiro atoms. The SMILES string of the molecule is CC.CCCOc1ccc(/C=C(\C)C(=O)c2ccc(OC)c(OC)c2OC)cc1. The fraction of sp³-hybridized carbons (Fsp3) is 0.375. The van der Waals surface area contributed by atoms with Crippen LogP contribution in [0.5, 0.6) is 23.0 Å². The second kappa shape index (κ2) is 12.5. The molecular weight excluding hydrogens is 368 g/mol. The van der Waals surface area contributed by atoms with Crippen LogP contribution < -0.4 is 18.9 Å². The van der Waals surface area contributed by atoms with Gasteiger partial charge >= 0.3 is 0 Å². The van der Waals surface area contributed by atoms with E-state index in [-0.39, 0.29) is 5.78 Å². The van der Waals surface area contributed by atoms with Gasteiger partial charge in [-0.2, -0.15) is 0 Å². The molecule has 29 heavy (non-hydrogen) atoms. The van der Waals surface area contributed by atoms with E-state index in [1.54, 1.807) is 19.1 Å². The quantitative estimate of drug-likeness (QED) is 0.392. The number of Topliss-reactive ketones (excluding diaryl/α,β-unsaturated/α-hetero) is 1. The maximum atomic E-state index is 12.9. The zero-order chi connectivity index (χ0) is 21.8. The van der Waals surface area contributed by atoms with Crippen LogP contribution in [0.2, 0.25) is 0 Å². The minimum absolute atomic E-state index is 0.140. The normalized spacial score (nSPS) is 10.5. The molecule has 158 valence electrons. The van der Waals surface area contributed by atoms with Gasteiger partial charge < -0.3 is 18.9 Å². The molecule has 0 aliphatic carbocycles. The van der Waals surface area contributed by atoms with Gasteiger partial charge in [0.05, 0.1) is 33.5 Å². The van der Waals surface area contributed by atoms with Crippen LogP contribution >= 0.6 is 0 Å². The molecule has 2 rings (SSSR count). The third kappa shape index (κ3) is 6.28. The van der Waals surface area contributed by atoms with Crippen molar-refractivity contribution in [1.82, 2.24) is 0 Å². The Bertz CT molecular complexity index is 807. The van der Waals surface area contributed by atoms with E-state index in [1.807, 2.05) is 44.2 Å². The van der Waals surface area contributed by atoms with Crippen LogP contribution in [0.1, 0.15) is 50.0 Å². The molecule has 0 unspecified atom stereocenters. The average molecular weight is 401 g/mol. The van der Waals surface area contributed by atoms with Crippen molar-refractivity contribution < 1.29 is 23.7 Å². The molecule has 0 bridgehead atoms. The van der Waals surface area contributed by atoms with Crippen molar-refractivity contribution in [3.05, 3.63) is 53.1 Å². The molecule has 5 nitrogen and oxygen atoms in total. The first-order chi connectivity index (χ1) is 14.0. The van der Waals surface area contributed by atoms with Gasteiger partial charge in [-0.1, -0.05) is 32.9 Å². The number of allylic oxidation sites excluding steroid dienone is 1. The lowest BCUT2D eigenvalue weighted by Crippen LogP contribution is -2.06. The van der Waals surface area contributed by atoms with E-state index < -0.39 is 0 Å². The highest BCUT2D eigenvalue weighted by Crippen LogP contribution is 2.40. The number of rotatable bonds is 9. The van der Waals surface area contributed by atoms with Gasteiger partial charge in [-0.3, -0.25) is 4.79 Å². The minimum atomic E-state index is -0.140. The molecule has 0 saturated carbocycles. The number of methoxy groups -OCH3 is 3. The van der Waals surface area contributed by atoms with Gasteiger partial charge in [-0.15, -0.1) is 0 Å². The van der Waals surface area contributed by atoms with Crippen LogP contribution in [0.25, 0.3) is 6.08 Å². The number of hydrogen-bond acceptors (Lipinski definition) is 5. The first-order valence-corrected chi connectivity index (χ1v) is 9.80. The molecule has 0 aromatic heterocycles. The molecule has 0 fully saturated rings. The highest BCUT2D eigenvalue weighted by molar-refractivity contribution is 6.13. The number of benzene rings is 2. The smallest absolute Gasteiger partial charge is 0.204 e. The average Bonchev–Trinajstić information content (AvgIpc) is 2.78. The number of carbonyl (C=O) groups is 1. The van der Waals surface area contributed by atoms with E-state index in [0.29, 0.717) is 35.0 Å². The Kier molecular flexibility index (Phi) is 10.4.